The molecule has 4 heteroatoms. The van der Waals surface area contributed by atoms with Crippen LogP contribution in [0.5, 0.6) is 0 Å². The first-order chi connectivity index (χ1) is 11.7. The van der Waals surface area contributed by atoms with Gasteiger partial charge in [0.15, 0.2) is 0 Å². The fourth-order valence-corrected chi connectivity index (χ4v) is 3.13. The molecule has 0 saturated carbocycles. The van der Waals surface area contributed by atoms with E-state index in [-0.39, 0.29) is 5.56 Å². The Kier molecular flexibility index (Phi) is 3.50. The highest BCUT2D eigenvalue weighted by atomic mass is 16.1. The summed E-state index contributed by atoms with van der Waals surface area (Å²) < 4.78 is 1.83. The Hall–Kier alpha value is -3.14. The minimum absolute atomic E-state index is 0.116. The van der Waals surface area contributed by atoms with E-state index in [0.717, 1.165) is 23.1 Å². The molecule has 1 N–H and O–H groups in total. The molecule has 0 bridgehead atoms. The molecule has 4 rings (SSSR count). The predicted molar refractivity (Wildman–Crippen MR) is 96.0 cm³/mol. The van der Waals surface area contributed by atoms with Crippen molar-refractivity contribution in [2.75, 3.05) is 0 Å². The summed E-state index contributed by atoms with van der Waals surface area (Å²) in [6.07, 6.45) is 4.31. The summed E-state index contributed by atoms with van der Waals surface area (Å²) >= 11 is 0. The SMILES string of the molecule is Cn1cc(-c2cccc(Cc3ccccc3)c2)c2nc[nH]c(=O)c21. The third-order valence-electron chi connectivity index (χ3n) is 4.25. The lowest BCUT2D eigenvalue weighted by atomic mass is 10.00. The number of hydrogen-bond acceptors (Lipinski definition) is 2. The molecule has 0 spiro atoms. The fraction of sp³-hybridized carbons (Fsp3) is 0.100. The summed E-state index contributed by atoms with van der Waals surface area (Å²) in [5.74, 6) is 0. The molecule has 118 valence electrons. The number of benzene rings is 2. The molecule has 0 radical (unpaired) electrons. The Morgan fingerprint density at radius 3 is 2.67 bits per heavy atom. The molecule has 0 saturated heterocycles. The summed E-state index contributed by atoms with van der Waals surface area (Å²) in [5.41, 5.74) is 5.79. The third-order valence-corrected chi connectivity index (χ3v) is 4.25. The second-order valence-corrected chi connectivity index (χ2v) is 5.95. The molecular formula is C20H17N3O. The number of aromatic nitrogens is 3. The van der Waals surface area contributed by atoms with Crippen molar-refractivity contribution in [1.82, 2.24) is 14.5 Å². The first-order valence-corrected chi connectivity index (χ1v) is 7.88. The number of hydrogen-bond donors (Lipinski definition) is 1. The van der Waals surface area contributed by atoms with E-state index < -0.39 is 0 Å². The summed E-state index contributed by atoms with van der Waals surface area (Å²) in [5, 5.41) is 0. The number of H-pyrrole nitrogens is 1. The molecule has 0 amide bonds. The van der Waals surface area contributed by atoms with E-state index >= 15 is 0 Å². The van der Waals surface area contributed by atoms with Crippen LogP contribution in [0.1, 0.15) is 11.1 Å². The van der Waals surface area contributed by atoms with Crippen LogP contribution < -0.4 is 5.56 Å². The van der Waals surface area contributed by atoms with Crippen LogP contribution in [0.3, 0.4) is 0 Å². The molecule has 2 aromatic heterocycles. The van der Waals surface area contributed by atoms with Crippen LogP contribution >= 0.6 is 0 Å². The molecule has 0 aliphatic rings. The Morgan fingerprint density at radius 2 is 1.83 bits per heavy atom. The number of nitrogens with zero attached hydrogens (tertiary/aromatic N) is 2. The highest BCUT2D eigenvalue weighted by molar-refractivity contribution is 5.92. The van der Waals surface area contributed by atoms with Crippen molar-refractivity contribution >= 4 is 11.0 Å². The van der Waals surface area contributed by atoms with Gasteiger partial charge in [0, 0.05) is 18.8 Å². The highest BCUT2D eigenvalue weighted by Crippen LogP contribution is 2.28. The summed E-state index contributed by atoms with van der Waals surface area (Å²) in [7, 11) is 1.87. The minimum Gasteiger partial charge on any atom is -0.344 e. The van der Waals surface area contributed by atoms with Crippen molar-refractivity contribution < 1.29 is 0 Å². The van der Waals surface area contributed by atoms with E-state index in [1.54, 1.807) is 0 Å². The number of aromatic amines is 1. The smallest absolute Gasteiger partial charge is 0.275 e. The zero-order valence-electron chi connectivity index (χ0n) is 13.4. The molecular weight excluding hydrogens is 298 g/mol. The second kappa shape index (κ2) is 5.81. The van der Waals surface area contributed by atoms with E-state index in [0.29, 0.717) is 5.52 Å². The van der Waals surface area contributed by atoms with Crippen molar-refractivity contribution in [2.45, 2.75) is 6.42 Å². The topological polar surface area (TPSA) is 50.7 Å². The second-order valence-electron chi connectivity index (χ2n) is 5.95. The average molecular weight is 315 g/mol. The summed E-state index contributed by atoms with van der Waals surface area (Å²) in [4.78, 5) is 19.0. The lowest BCUT2D eigenvalue weighted by Gasteiger charge is -2.05. The van der Waals surface area contributed by atoms with Crippen molar-refractivity contribution in [3.8, 4) is 11.1 Å². The first kappa shape index (κ1) is 14.5. The number of nitrogens with one attached hydrogen (secondary N) is 1. The molecule has 0 aliphatic heterocycles. The van der Waals surface area contributed by atoms with Crippen molar-refractivity contribution in [2.24, 2.45) is 7.05 Å². The third kappa shape index (κ3) is 2.52. The van der Waals surface area contributed by atoms with Gasteiger partial charge in [-0.05, 0) is 23.1 Å². The van der Waals surface area contributed by atoms with Crippen LogP contribution in [0.25, 0.3) is 22.2 Å². The van der Waals surface area contributed by atoms with Gasteiger partial charge in [0.1, 0.15) is 11.0 Å². The molecule has 2 aromatic carbocycles. The standard InChI is InChI=1S/C20H17N3O/c1-23-12-17(18-19(23)20(24)22-13-21-18)16-9-5-8-15(11-16)10-14-6-3-2-4-7-14/h2-9,11-13H,10H2,1H3,(H,21,22,24). The van der Waals surface area contributed by atoms with E-state index in [4.69, 9.17) is 0 Å². The lowest BCUT2D eigenvalue weighted by molar-refractivity contribution is 0.954. The normalized spacial score (nSPS) is 11.0. The van der Waals surface area contributed by atoms with Gasteiger partial charge in [-0.15, -0.1) is 0 Å². The van der Waals surface area contributed by atoms with Gasteiger partial charge in [0.05, 0.1) is 6.33 Å². The Labute approximate surface area is 139 Å². The van der Waals surface area contributed by atoms with Gasteiger partial charge in [-0.25, -0.2) is 4.98 Å². The van der Waals surface area contributed by atoms with Crippen molar-refractivity contribution in [3.63, 3.8) is 0 Å². The lowest BCUT2D eigenvalue weighted by Crippen LogP contribution is -2.08. The molecule has 0 aliphatic carbocycles. The largest absolute Gasteiger partial charge is 0.344 e. The molecule has 0 unspecified atom stereocenters. The maximum Gasteiger partial charge on any atom is 0.275 e. The predicted octanol–water partition coefficient (Wildman–Crippen LogP) is 3.52. The van der Waals surface area contributed by atoms with E-state index in [2.05, 4.69) is 58.5 Å². The van der Waals surface area contributed by atoms with Gasteiger partial charge in [0.25, 0.3) is 5.56 Å². The highest BCUT2D eigenvalue weighted by Gasteiger charge is 2.12. The van der Waals surface area contributed by atoms with Gasteiger partial charge in [-0.3, -0.25) is 4.79 Å². The van der Waals surface area contributed by atoms with Gasteiger partial charge in [-0.2, -0.15) is 0 Å². The maximum atomic E-state index is 12.0. The molecule has 2 heterocycles. The maximum absolute atomic E-state index is 12.0. The molecule has 0 atom stereocenters. The van der Waals surface area contributed by atoms with Crippen LogP contribution in [0.4, 0.5) is 0 Å². The van der Waals surface area contributed by atoms with Crippen LogP contribution in [-0.2, 0) is 13.5 Å². The molecule has 24 heavy (non-hydrogen) atoms. The van der Waals surface area contributed by atoms with Crippen molar-refractivity contribution in [1.29, 1.82) is 0 Å². The van der Waals surface area contributed by atoms with Crippen LogP contribution in [0, 0.1) is 0 Å². The Morgan fingerprint density at radius 1 is 1.04 bits per heavy atom. The fourth-order valence-electron chi connectivity index (χ4n) is 3.13. The molecule has 4 nitrogen and oxygen atoms in total. The van der Waals surface area contributed by atoms with Gasteiger partial charge in [-0.1, -0.05) is 54.6 Å². The van der Waals surface area contributed by atoms with Gasteiger partial charge >= 0.3 is 0 Å². The number of aryl methyl sites for hydroxylation is 1. The minimum atomic E-state index is -0.116. The van der Waals surface area contributed by atoms with Crippen LogP contribution in [0.15, 0.2) is 71.9 Å². The van der Waals surface area contributed by atoms with E-state index in [9.17, 15) is 4.79 Å². The van der Waals surface area contributed by atoms with E-state index in [1.807, 2.05) is 23.9 Å². The van der Waals surface area contributed by atoms with Gasteiger partial charge < -0.3 is 9.55 Å². The van der Waals surface area contributed by atoms with Crippen LogP contribution in [0.2, 0.25) is 0 Å². The monoisotopic (exact) mass is 315 g/mol. The van der Waals surface area contributed by atoms with Gasteiger partial charge in [0.2, 0.25) is 0 Å². The van der Waals surface area contributed by atoms with Crippen molar-refractivity contribution in [3.05, 3.63) is 88.6 Å². The first-order valence-electron chi connectivity index (χ1n) is 7.88. The Bertz CT molecular complexity index is 1060. The average Bonchev–Trinajstić information content (AvgIpc) is 2.94. The summed E-state index contributed by atoms with van der Waals surface area (Å²) in [6.45, 7) is 0. The number of fused-ring (bicyclic) bond motifs is 1. The van der Waals surface area contributed by atoms with E-state index in [1.165, 1.54) is 17.5 Å². The zero-order chi connectivity index (χ0) is 16.5. The Balaban J connectivity index is 1.80. The molecule has 0 fully saturated rings. The quantitative estimate of drug-likeness (QED) is 0.629. The van der Waals surface area contributed by atoms with Crippen LogP contribution in [-0.4, -0.2) is 14.5 Å². The number of rotatable bonds is 3. The zero-order valence-corrected chi connectivity index (χ0v) is 13.4. The summed E-state index contributed by atoms with van der Waals surface area (Å²) in [6, 6.07) is 18.8. The molecule has 4 aromatic rings.